The summed E-state index contributed by atoms with van der Waals surface area (Å²) < 4.78 is 38.4. The maximum Gasteiger partial charge on any atom is 0.338 e. The Morgan fingerprint density at radius 2 is 1.65 bits per heavy atom. The molecule has 2 heterocycles. The van der Waals surface area contributed by atoms with Crippen LogP contribution in [0.3, 0.4) is 0 Å². The molecular formula is C26H27N3O7S. The van der Waals surface area contributed by atoms with Crippen LogP contribution in [0.5, 0.6) is 0 Å². The molecule has 1 saturated heterocycles. The first-order chi connectivity index (χ1) is 17.7. The SMILES string of the molecule is C[C@H](OC(=O)c1cccc(S(=O)(=O)NCc2ccccc2)c1)C(=O)N1CCN(C(=O)c2ccco2)CC1. The number of amides is 2. The Bertz CT molecular complexity index is 1350. The van der Waals surface area contributed by atoms with Gasteiger partial charge in [0.1, 0.15) is 0 Å². The molecular weight excluding hydrogens is 498 g/mol. The molecule has 0 saturated carbocycles. The summed E-state index contributed by atoms with van der Waals surface area (Å²) in [6, 6.07) is 17.7. The van der Waals surface area contributed by atoms with Crippen molar-refractivity contribution in [3.63, 3.8) is 0 Å². The topological polar surface area (TPSA) is 126 Å². The van der Waals surface area contributed by atoms with Crippen molar-refractivity contribution in [1.82, 2.24) is 14.5 Å². The highest BCUT2D eigenvalue weighted by Crippen LogP contribution is 2.16. The van der Waals surface area contributed by atoms with Crippen LogP contribution in [0, 0.1) is 0 Å². The van der Waals surface area contributed by atoms with E-state index in [1.807, 2.05) is 18.2 Å². The van der Waals surface area contributed by atoms with Gasteiger partial charge in [-0.2, -0.15) is 0 Å². The van der Waals surface area contributed by atoms with Gasteiger partial charge in [-0.3, -0.25) is 9.59 Å². The van der Waals surface area contributed by atoms with Gasteiger partial charge >= 0.3 is 5.97 Å². The van der Waals surface area contributed by atoms with E-state index in [-0.39, 0.29) is 41.8 Å². The first-order valence-corrected chi connectivity index (χ1v) is 13.2. The van der Waals surface area contributed by atoms with Crippen LogP contribution in [-0.2, 0) is 26.1 Å². The molecule has 0 radical (unpaired) electrons. The number of sulfonamides is 1. The van der Waals surface area contributed by atoms with Gasteiger partial charge in [-0.05, 0) is 42.8 Å². The van der Waals surface area contributed by atoms with Crippen molar-refractivity contribution in [2.24, 2.45) is 0 Å². The highest BCUT2D eigenvalue weighted by Gasteiger charge is 2.30. The summed E-state index contributed by atoms with van der Waals surface area (Å²) in [6.07, 6.45) is 0.339. The summed E-state index contributed by atoms with van der Waals surface area (Å²) in [5, 5.41) is 0. The van der Waals surface area contributed by atoms with E-state index in [1.165, 1.54) is 42.4 Å². The van der Waals surface area contributed by atoms with E-state index < -0.39 is 28.0 Å². The van der Waals surface area contributed by atoms with Crippen LogP contribution < -0.4 is 4.72 Å². The van der Waals surface area contributed by atoms with Crippen LogP contribution in [-0.4, -0.2) is 68.3 Å². The quantitative estimate of drug-likeness (QED) is 0.447. The predicted molar refractivity (Wildman–Crippen MR) is 133 cm³/mol. The summed E-state index contributed by atoms with van der Waals surface area (Å²) in [7, 11) is -3.88. The molecule has 0 spiro atoms. The molecule has 0 bridgehead atoms. The molecule has 10 nitrogen and oxygen atoms in total. The van der Waals surface area contributed by atoms with Crippen molar-refractivity contribution in [3.05, 3.63) is 89.9 Å². The molecule has 1 atom stereocenters. The van der Waals surface area contributed by atoms with Gasteiger partial charge in [0.2, 0.25) is 10.0 Å². The molecule has 1 fully saturated rings. The molecule has 11 heteroatoms. The number of nitrogens with zero attached hydrogens (tertiary/aromatic N) is 2. The van der Waals surface area contributed by atoms with E-state index in [9.17, 15) is 22.8 Å². The molecule has 0 unspecified atom stereocenters. The number of carbonyl (C=O) groups excluding carboxylic acids is 3. The number of piperazine rings is 1. The molecule has 1 aliphatic rings. The molecule has 1 aliphatic heterocycles. The number of ether oxygens (including phenoxy) is 1. The second-order valence-corrected chi connectivity index (χ2v) is 10.2. The van der Waals surface area contributed by atoms with Crippen LogP contribution >= 0.6 is 0 Å². The number of esters is 1. The zero-order valence-corrected chi connectivity index (χ0v) is 21.0. The van der Waals surface area contributed by atoms with E-state index in [0.29, 0.717) is 13.1 Å². The summed E-state index contributed by atoms with van der Waals surface area (Å²) in [5.74, 6) is -1.22. The van der Waals surface area contributed by atoms with E-state index in [2.05, 4.69) is 4.72 Å². The molecule has 4 rings (SSSR count). The average Bonchev–Trinajstić information content (AvgIpc) is 3.47. The fraction of sp³-hybridized carbons (Fsp3) is 0.269. The lowest BCUT2D eigenvalue weighted by Crippen LogP contribution is -2.53. The van der Waals surface area contributed by atoms with E-state index in [0.717, 1.165) is 5.56 Å². The Kier molecular flexibility index (Phi) is 8.04. The molecule has 194 valence electrons. The summed E-state index contributed by atoms with van der Waals surface area (Å²) in [5.41, 5.74) is 0.802. The minimum absolute atomic E-state index is 0.0103. The van der Waals surface area contributed by atoms with Crippen LogP contribution in [0.15, 0.2) is 82.3 Å². The molecule has 1 aromatic heterocycles. The summed E-state index contributed by atoms with van der Waals surface area (Å²) >= 11 is 0. The zero-order valence-electron chi connectivity index (χ0n) is 20.2. The number of carbonyl (C=O) groups is 3. The second-order valence-electron chi connectivity index (χ2n) is 8.48. The highest BCUT2D eigenvalue weighted by atomic mass is 32.2. The number of hydrogen-bond acceptors (Lipinski definition) is 7. The second kappa shape index (κ2) is 11.4. The van der Waals surface area contributed by atoms with Crippen molar-refractivity contribution in [2.45, 2.75) is 24.5 Å². The minimum atomic E-state index is -3.88. The van der Waals surface area contributed by atoms with Crippen LogP contribution in [0.1, 0.15) is 33.4 Å². The number of rotatable bonds is 8. The van der Waals surface area contributed by atoms with Crippen LogP contribution in [0.4, 0.5) is 0 Å². The number of furan rings is 1. The van der Waals surface area contributed by atoms with Gasteiger partial charge in [0.15, 0.2) is 11.9 Å². The lowest BCUT2D eigenvalue weighted by molar-refractivity contribution is -0.141. The molecule has 1 N–H and O–H groups in total. The maximum atomic E-state index is 12.8. The van der Waals surface area contributed by atoms with Gasteiger partial charge in [0, 0.05) is 32.7 Å². The monoisotopic (exact) mass is 525 g/mol. The maximum absolute atomic E-state index is 12.8. The predicted octanol–water partition coefficient (Wildman–Crippen LogP) is 2.29. The third-order valence-electron chi connectivity index (χ3n) is 5.93. The Labute approximate surface area is 214 Å². The van der Waals surface area contributed by atoms with E-state index in [4.69, 9.17) is 9.15 Å². The summed E-state index contributed by atoms with van der Waals surface area (Å²) in [6.45, 7) is 2.78. The third-order valence-corrected chi connectivity index (χ3v) is 7.33. The minimum Gasteiger partial charge on any atom is -0.459 e. The summed E-state index contributed by atoms with van der Waals surface area (Å²) in [4.78, 5) is 41.0. The first-order valence-electron chi connectivity index (χ1n) is 11.7. The van der Waals surface area contributed by atoms with Crippen LogP contribution in [0.2, 0.25) is 0 Å². The van der Waals surface area contributed by atoms with Gasteiger partial charge in [0.05, 0.1) is 16.7 Å². The van der Waals surface area contributed by atoms with Crippen molar-refractivity contribution in [2.75, 3.05) is 26.2 Å². The average molecular weight is 526 g/mol. The van der Waals surface area contributed by atoms with Crippen LogP contribution in [0.25, 0.3) is 0 Å². The molecule has 3 aromatic rings. The highest BCUT2D eigenvalue weighted by molar-refractivity contribution is 7.89. The standard InChI is InChI=1S/C26H27N3O7S/c1-19(24(30)28-12-14-29(15-13-28)25(31)23-11-6-16-35-23)36-26(32)21-9-5-10-22(17-21)37(33,34)27-18-20-7-3-2-4-8-20/h2-11,16-17,19,27H,12-15,18H2,1H3/t19-/m0/s1. The molecule has 2 aromatic carbocycles. The lowest BCUT2D eigenvalue weighted by Gasteiger charge is -2.35. The number of nitrogens with one attached hydrogen (secondary N) is 1. The van der Waals surface area contributed by atoms with Crippen molar-refractivity contribution in [1.29, 1.82) is 0 Å². The smallest absolute Gasteiger partial charge is 0.338 e. The number of benzene rings is 2. The van der Waals surface area contributed by atoms with Crippen molar-refractivity contribution >= 4 is 27.8 Å². The van der Waals surface area contributed by atoms with Crippen molar-refractivity contribution in [3.8, 4) is 0 Å². The molecule has 2 amide bonds. The molecule has 37 heavy (non-hydrogen) atoms. The van der Waals surface area contributed by atoms with Gasteiger partial charge in [-0.15, -0.1) is 0 Å². The Morgan fingerprint density at radius 3 is 2.32 bits per heavy atom. The zero-order chi connectivity index (χ0) is 26.4. The largest absolute Gasteiger partial charge is 0.459 e. The Morgan fingerprint density at radius 1 is 0.946 bits per heavy atom. The van der Waals surface area contributed by atoms with Gasteiger partial charge in [-0.1, -0.05) is 36.4 Å². The third kappa shape index (κ3) is 6.43. The first kappa shape index (κ1) is 26.1. The van der Waals surface area contributed by atoms with Gasteiger partial charge < -0.3 is 19.0 Å². The Balaban J connectivity index is 1.32. The van der Waals surface area contributed by atoms with Gasteiger partial charge in [0.25, 0.3) is 11.8 Å². The number of hydrogen-bond donors (Lipinski definition) is 1. The lowest BCUT2D eigenvalue weighted by atomic mass is 10.2. The normalized spacial score (nSPS) is 14.7. The van der Waals surface area contributed by atoms with Gasteiger partial charge in [-0.25, -0.2) is 17.9 Å². The van der Waals surface area contributed by atoms with Crippen molar-refractivity contribution < 1.29 is 32.0 Å². The Hall–Kier alpha value is -3.96. The fourth-order valence-electron chi connectivity index (χ4n) is 3.87. The van der Waals surface area contributed by atoms with E-state index >= 15 is 0 Å². The molecule has 0 aliphatic carbocycles. The van der Waals surface area contributed by atoms with E-state index in [1.54, 1.807) is 29.2 Å². The fourth-order valence-corrected chi connectivity index (χ4v) is 4.93.